The Morgan fingerprint density at radius 2 is 2.21 bits per heavy atom. The molecule has 0 saturated heterocycles. The van der Waals surface area contributed by atoms with E-state index in [4.69, 9.17) is 15.8 Å². The highest BCUT2D eigenvalue weighted by Gasteiger charge is 2.37. The van der Waals surface area contributed by atoms with Gasteiger partial charge in [-0.2, -0.15) is 4.90 Å². The fourth-order valence-corrected chi connectivity index (χ4v) is 1.96. The van der Waals surface area contributed by atoms with E-state index in [0.29, 0.717) is 6.42 Å². The number of hydrogen-bond donors (Lipinski definition) is 3. The van der Waals surface area contributed by atoms with Gasteiger partial charge in [0.2, 0.25) is 0 Å². The van der Waals surface area contributed by atoms with Crippen molar-refractivity contribution in [3.63, 3.8) is 0 Å². The van der Waals surface area contributed by atoms with Crippen molar-refractivity contribution in [2.24, 2.45) is 16.0 Å². The van der Waals surface area contributed by atoms with Gasteiger partial charge in [0.15, 0.2) is 0 Å². The minimum absolute atomic E-state index is 0.136. The average molecular weight is 263 g/mol. The van der Waals surface area contributed by atoms with Gasteiger partial charge in [-0.3, -0.25) is 0 Å². The first kappa shape index (κ1) is 13.0. The van der Waals surface area contributed by atoms with Crippen LogP contribution in [-0.4, -0.2) is 29.0 Å². The van der Waals surface area contributed by atoms with Crippen LogP contribution in [0.25, 0.3) is 0 Å². The number of benzene rings is 1. The molecule has 2 atom stereocenters. The van der Waals surface area contributed by atoms with Crippen LogP contribution in [0.5, 0.6) is 0 Å². The molecule has 1 aliphatic rings. The molecule has 19 heavy (non-hydrogen) atoms. The summed E-state index contributed by atoms with van der Waals surface area (Å²) in [5.74, 6) is -0.535. The topological polar surface area (TPSA) is 102 Å². The zero-order valence-corrected chi connectivity index (χ0v) is 10.4. The van der Waals surface area contributed by atoms with Crippen LogP contribution in [0.2, 0.25) is 0 Å². The summed E-state index contributed by atoms with van der Waals surface area (Å²) in [6.07, 6.45) is -0.196. The number of nitrogens with two attached hydrogens (primary N) is 1. The van der Waals surface area contributed by atoms with E-state index < -0.39 is 6.23 Å². The van der Waals surface area contributed by atoms with Gasteiger partial charge >= 0.3 is 11.9 Å². The Hall–Kier alpha value is -2.41. The van der Waals surface area contributed by atoms with Crippen molar-refractivity contribution in [1.29, 1.82) is 0 Å². The summed E-state index contributed by atoms with van der Waals surface area (Å²) in [7, 11) is 0. The molecule has 1 heterocycles. The Balaban J connectivity index is 2.14. The lowest BCUT2D eigenvalue weighted by atomic mass is 10.1. The molecule has 0 saturated carbocycles. The summed E-state index contributed by atoms with van der Waals surface area (Å²) in [6, 6.07) is 9.50. The van der Waals surface area contributed by atoms with E-state index in [1.807, 2.05) is 30.3 Å². The van der Waals surface area contributed by atoms with Crippen LogP contribution < -0.4 is 10.6 Å². The number of oxime groups is 2. The second-order valence-electron chi connectivity index (χ2n) is 4.16. The Morgan fingerprint density at radius 1 is 1.53 bits per heavy atom. The molecular formula is C12H15N4O3+. The van der Waals surface area contributed by atoms with Crippen LogP contribution in [0.1, 0.15) is 18.9 Å². The van der Waals surface area contributed by atoms with Crippen molar-refractivity contribution in [3.05, 3.63) is 35.9 Å². The molecule has 1 aromatic carbocycles. The third-order valence-electron chi connectivity index (χ3n) is 2.86. The number of nitrogens with zero attached hydrogens (tertiary/aromatic N) is 2. The smallest absolute Gasteiger partial charge is 0.342 e. The SMILES string of the molecule is CC(=O)[NH+](C(N)=NO)C1CC(c2ccccc2)=NO1. The molecule has 4 N–H and O–H groups in total. The Labute approximate surface area is 109 Å². The maximum atomic E-state index is 11.5. The molecule has 2 unspecified atom stereocenters. The fraction of sp³-hybridized carbons (Fsp3) is 0.250. The molecule has 0 fully saturated rings. The molecule has 1 amide bonds. The van der Waals surface area contributed by atoms with Gasteiger partial charge in [-0.05, 0) is 10.7 Å². The second kappa shape index (κ2) is 5.49. The lowest BCUT2D eigenvalue weighted by Crippen LogP contribution is -3.21. The van der Waals surface area contributed by atoms with Gasteiger partial charge in [0, 0.05) is 0 Å². The number of carbonyl (C=O) groups is 1. The summed E-state index contributed by atoms with van der Waals surface area (Å²) in [4.78, 5) is 16.9. The quantitative estimate of drug-likeness (QED) is 0.283. The number of hydrogen-bond acceptors (Lipinski definition) is 5. The first-order valence-corrected chi connectivity index (χ1v) is 5.77. The molecule has 0 aliphatic carbocycles. The van der Waals surface area contributed by atoms with Crippen LogP contribution in [-0.2, 0) is 9.63 Å². The summed E-state index contributed by atoms with van der Waals surface area (Å²) in [6.45, 7) is 1.34. The molecule has 7 nitrogen and oxygen atoms in total. The number of carbonyl (C=O) groups excluding carboxylic acids is 1. The van der Waals surface area contributed by atoms with E-state index in [0.717, 1.165) is 11.3 Å². The lowest BCUT2D eigenvalue weighted by molar-refractivity contribution is -0.785. The molecule has 0 bridgehead atoms. The van der Waals surface area contributed by atoms with Crippen molar-refractivity contribution in [1.82, 2.24) is 0 Å². The number of quaternary nitrogens is 1. The molecule has 2 rings (SSSR count). The maximum absolute atomic E-state index is 11.5. The molecule has 7 heteroatoms. The normalized spacial score (nSPS) is 20.6. The first-order valence-electron chi connectivity index (χ1n) is 5.77. The predicted octanol–water partition coefficient (Wildman–Crippen LogP) is -0.728. The van der Waals surface area contributed by atoms with Crippen LogP contribution in [0.3, 0.4) is 0 Å². The number of rotatable bonds is 2. The van der Waals surface area contributed by atoms with Crippen LogP contribution in [0.15, 0.2) is 40.6 Å². The van der Waals surface area contributed by atoms with Gasteiger partial charge in [-0.1, -0.05) is 35.5 Å². The summed E-state index contributed by atoms with van der Waals surface area (Å²) >= 11 is 0. The van der Waals surface area contributed by atoms with Crippen molar-refractivity contribution in [2.75, 3.05) is 0 Å². The molecule has 1 aliphatic heterocycles. The van der Waals surface area contributed by atoms with E-state index in [2.05, 4.69) is 10.3 Å². The molecule has 0 aromatic heterocycles. The molecule has 100 valence electrons. The third-order valence-corrected chi connectivity index (χ3v) is 2.86. The highest BCUT2D eigenvalue weighted by molar-refractivity contribution is 6.01. The van der Waals surface area contributed by atoms with Crippen LogP contribution >= 0.6 is 0 Å². The number of amides is 1. The third kappa shape index (κ3) is 2.71. The van der Waals surface area contributed by atoms with Gasteiger partial charge < -0.3 is 15.8 Å². The van der Waals surface area contributed by atoms with Crippen molar-refractivity contribution in [3.8, 4) is 0 Å². The summed E-state index contributed by atoms with van der Waals surface area (Å²) < 4.78 is 0. The van der Waals surface area contributed by atoms with Gasteiger partial charge in [0.25, 0.3) is 6.23 Å². The highest BCUT2D eigenvalue weighted by Crippen LogP contribution is 2.13. The Kier molecular flexibility index (Phi) is 3.76. The van der Waals surface area contributed by atoms with E-state index in [1.54, 1.807) is 0 Å². The van der Waals surface area contributed by atoms with E-state index in [9.17, 15) is 4.79 Å². The summed E-state index contributed by atoms with van der Waals surface area (Å²) in [5, 5.41) is 15.5. The van der Waals surface area contributed by atoms with Crippen molar-refractivity contribution in [2.45, 2.75) is 19.6 Å². The van der Waals surface area contributed by atoms with Gasteiger partial charge in [-0.25, -0.2) is 4.79 Å². The van der Waals surface area contributed by atoms with Gasteiger partial charge in [0.05, 0.1) is 19.1 Å². The Bertz CT molecular complexity index is 527. The van der Waals surface area contributed by atoms with Crippen LogP contribution in [0.4, 0.5) is 0 Å². The first-order chi connectivity index (χ1) is 9.13. The molecular weight excluding hydrogens is 248 g/mol. The van der Waals surface area contributed by atoms with E-state index in [1.165, 1.54) is 6.92 Å². The van der Waals surface area contributed by atoms with Gasteiger partial charge in [-0.15, -0.1) is 0 Å². The summed E-state index contributed by atoms with van der Waals surface area (Å²) in [5.41, 5.74) is 7.15. The maximum Gasteiger partial charge on any atom is 0.342 e. The number of guanidine groups is 1. The second-order valence-corrected chi connectivity index (χ2v) is 4.16. The van der Waals surface area contributed by atoms with Crippen molar-refractivity contribution >= 4 is 17.6 Å². The monoisotopic (exact) mass is 263 g/mol. The molecule has 1 aromatic rings. The zero-order chi connectivity index (χ0) is 13.8. The minimum Gasteiger partial charge on any atom is -0.405 e. The zero-order valence-electron chi connectivity index (χ0n) is 10.4. The van der Waals surface area contributed by atoms with Crippen LogP contribution in [0, 0.1) is 0 Å². The molecule has 0 radical (unpaired) electrons. The standard InChI is InChI=1S/C12H14N4O3/c1-8(17)16(12(13)14-18)11-7-10(15-19-11)9-5-3-2-4-6-9/h2-6,11,18H,7H2,1H3,(H2,13,14)/p+1. The van der Waals surface area contributed by atoms with Gasteiger partial charge in [0.1, 0.15) is 0 Å². The fourth-order valence-electron chi connectivity index (χ4n) is 1.96. The van der Waals surface area contributed by atoms with Crippen molar-refractivity contribution < 1.29 is 19.7 Å². The average Bonchev–Trinajstić information content (AvgIpc) is 2.88. The predicted molar refractivity (Wildman–Crippen MR) is 67.5 cm³/mol. The lowest BCUT2D eigenvalue weighted by Gasteiger charge is -2.16. The van der Waals surface area contributed by atoms with E-state index >= 15 is 0 Å². The largest absolute Gasteiger partial charge is 0.405 e. The molecule has 0 spiro atoms. The number of nitrogens with one attached hydrogen (secondary N) is 1. The van der Waals surface area contributed by atoms with E-state index in [-0.39, 0.29) is 16.8 Å². The minimum atomic E-state index is -0.608. The highest BCUT2D eigenvalue weighted by atomic mass is 16.7. The Morgan fingerprint density at radius 3 is 2.79 bits per heavy atom.